The maximum absolute atomic E-state index is 13.6. The SMILES string of the molecule is CC[C@@H](C(=O)NCc1ccccc1)N(C(=O)c1snc(C(N)=O)c1N)c1cccc(C)c1. The third-order valence-corrected chi connectivity index (χ3v) is 5.82. The van der Waals surface area contributed by atoms with Crippen LogP contribution in [-0.2, 0) is 11.3 Å². The van der Waals surface area contributed by atoms with Crippen LogP contribution in [0, 0.1) is 6.92 Å². The molecule has 0 aliphatic rings. The van der Waals surface area contributed by atoms with E-state index in [1.54, 1.807) is 6.07 Å². The number of anilines is 2. The van der Waals surface area contributed by atoms with Crippen LogP contribution in [0.2, 0.25) is 0 Å². The molecule has 0 aliphatic carbocycles. The minimum atomic E-state index is -0.812. The highest BCUT2D eigenvalue weighted by molar-refractivity contribution is 7.09. The number of nitrogens with two attached hydrogens (primary N) is 2. The number of aryl methyl sites for hydroxylation is 1. The van der Waals surface area contributed by atoms with E-state index in [-0.39, 0.29) is 22.2 Å². The lowest BCUT2D eigenvalue weighted by molar-refractivity contribution is -0.122. The van der Waals surface area contributed by atoms with Gasteiger partial charge in [-0.05, 0) is 48.1 Å². The van der Waals surface area contributed by atoms with Crippen molar-refractivity contribution in [3.63, 3.8) is 0 Å². The number of hydrogen-bond acceptors (Lipinski definition) is 6. The van der Waals surface area contributed by atoms with Gasteiger partial charge in [-0.25, -0.2) is 0 Å². The highest BCUT2D eigenvalue weighted by atomic mass is 32.1. The molecule has 32 heavy (non-hydrogen) atoms. The third kappa shape index (κ3) is 4.94. The zero-order valence-electron chi connectivity index (χ0n) is 17.9. The van der Waals surface area contributed by atoms with Crippen molar-refractivity contribution in [1.82, 2.24) is 9.69 Å². The zero-order valence-corrected chi connectivity index (χ0v) is 18.7. The van der Waals surface area contributed by atoms with Gasteiger partial charge in [0.2, 0.25) is 5.91 Å². The number of nitrogen functional groups attached to an aromatic ring is 1. The number of amides is 3. The van der Waals surface area contributed by atoms with Gasteiger partial charge in [-0.15, -0.1) is 0 Å². The summed E-state index contributed by atoms with van der Waals surface area (Å²) in [6.07, 6.45) is 0.363. The number of nitrogens with one attached hydrogen (secondary N) is 1. The average molecular weight is 452 g/mol. The molecular formula is C23H25N5O3S. The average Bonchev–Trinajstić information content (AvgIpc) is 3.17. The predicted molar refractivity (Wildman–Crippen MR) is 125 cm³/mol. The molecule has 0 fully saturated rings. The lowest BCUT2D eigenvalue weighted by atomic mass is 10.1. The smallest absolute Gasteiger partial charge is 0.272 e. The lowest BCUT2D eigenvalue weighted by Gasteiger charge is -2.30. The molecule has 3 aromatic rings. The third-order valence-electron chi connectivity index (χ3n) is 4.96. The highest BCUT2D eigenvalue weighted by Gasteiger charge is 2.33. The number of carbonyl (C=O) groups excluding carboxylic acids is 3. The molecule has 0 unspecified atom stereocenters. The molecule has 0 bridgehead atoms. The largest absolute Gasteiger partial charge is 0.395 e. The Kier molecular flexibility index (Phi) is 7.21. The molecule has 3 amide bonds. The molecule has 9 heteroatoms. The lowest BCUT2D eigenvalue weighted by Crippen LogP contribution is -2.49. The molecule has 0 spiro atoms. The quantitative estimate of drug-likeness (QED) is 0.485. The van der Waals surface area contributed by atoms with Gasteiger partial charge < -0.3 is 16.8 Å². The van der Waals surface area contributed by atoms with Crippen molar-refractivity contribution in [2.45, 2.75) is 32.9 Å². The fourth-order valence-electron chi connectivity index (χ4n) is 3.34. The van der Waals surface area contributed by atoms with Crippen LogP contribution in [0.1, 0.15) is 44.6 Å². The van der Waals surface area contributed by atoms with Crippen LogP contribution >= 0.6 is 11.5 Å². The number of carbonyl (C=O) groups is 3. The van der Waals surface area contributed by atoms with E-state index < -0.39 is 17.9 Å². The standard InChI is InChI=1S/C23H25N5O3S/c1-3-17(22(30)26-13-15-9-5-4-6-10-15)28(16-11-7-8-14(2)12-16)23(31)20-18(24)19(21(25)29)27-32-20/h4-12,17H,3,13,24H2,1-2H3,(H2,25,29)(H,26,30)/t17-/m0/s1. The van der Waals surface area contributed by atoms with E-state index in [0.717, 1.165) is 22.7 Å². The Bertz CT molecular complexity index is 1130. The van der Waals surface area contributed by atoms with Gasteiger partial charge in [0, 0.05) is 12.2 Å². The highest BCUT2D eigenvalue weighted by Crippen LogP contribution is 2.28. The van der Waals surface area contributed by atoms with Crippen LogP contribution in [0.5, 0.6) is 0 Å². The molecule has 8 nitrogen and oxygen atoms in total. The van der Waals surface area contributed by atoms with Crippen LogP contribution in [0.4, 0.5) is 11.4 Å². The van der Waals surface area contributed by atoms with Crippen LogP contribution in [0.25, 0.3) is 0 Å². The van der Waals surface area contributed by atoms with Crippen molar-refractivity contribution in [3.05, 3.63) is 76.3 Å². The second kappa shape index (κ2) is 10.1. The molecule has 1 atom stereocenters. The maximum atomic E-state index is 13.6. The van der Waals surface area contributed by atoms with Crippen molar-refractivity contribution >= 4 is 40.6 Å². The first-order valence-corrected chi connectivity index (χ1v) is 10.9. The molecular weight excluding hydrogens is 426 g/mol. The van der Waals surface area contributed by atoms with E-state index in [4.69, 9.17) is 11.5 Å². The van der Waals surface area contributed by atoms with E-state index in [1.165, 1.54) is 4.90 Å². The summed E-state index contributed by atoms with van der Waals surface area (Å²) >= 11 is 0.791. The molecule has 1 heterocycles. The van der Waals surface area contributed by atoms with Gasteiger partial charge in [-0.3, -0.25) is 19.3 Å². The number of nitrogens with zero attached hydrogens (tertiary/aromatic N) is 2. The zero-order chi connectivity index (χ0) is 23.3. The molecule has 2 aromatic carbocycles. The second-order valence-corrected chi connectivity index (χ2v) is 8.05. The molecule has 0 saturated heterocycles. The molecule has 166 valence electrons. The van der Waals surface area contributed by atoms with E-state index in [2.05, 4.69) is 9.69 Å². The normalized spacial score (nSPS) is 11.6. The Morgan fingerprint density at radius 2 is 1.84 bits per heavy atom. The Morgan fingerprint density at radius 1 is 1.12 bits per heavy atom. The number of benzene rings is 2. The molecule has 5 N–H and O–H groups in total. The first-order chi connectivity index (χ1) is 15.3. The Morgan fingerprint density at radius 3 is 2.44 bits per heavy atom. The summed E-state index contributed by atoms with van der Waals surface area (Å²) < 4.78 is 3.93. The first-order valence-electron chi connectivity index (χ1n) is 10.1. The summed E-state index contributed by atoms with van der Waals surface area (Å²) in [5.74, 6) is -1.63. The number of hydrogen-bond donors (Lipinski definition) is 3. The summed E-state index contributed by atoms with van der Waals surface area (Å²) in [4.78, 5) is 39.8. The molecule has 0 radical (unpaired) electrons. The van der Waals surface area contributed by atoms with Crippen LogP contribution in [-0.4, -0.2) is 28.1 Å². The van der Waals surface area contributed by atoms with E-state index in [0.29, 0.717) is 18.7 Å². The number of primary amides is 1. The Balaban J connectivity index is 1.96. The summed E-state index contributed by atoms with van der Waals surface area (Å²) in [6.45, 7) is 4.06. The summed E-state index contributed by atoms with van der Waals surface area (Å²) in [5.41, 5.74) is 13.5. The topological polar surface area (TPSA) is 131 Å². The Hall–Kier alpha value is -3.72. The fraction of sp³-hybridized carbons (Fsp3) is 0.217. The minimum Gasteiger partial charge on any atom is -0.395 e. The summed E-state index contributed by atoms with van der Waals surface area (Å²) in [6, 6.07) is 16.0. The van der Waals surface area contributed by atoms with E-state index in [9.17, 15) is 14.4 Å². The van der Waals surface area contributed by atoms with Crippen molar-refractivity contribution in [1.29, 1.82) is 0 Å². The van der Waals surface area contributed by atoms with Gasteiger partial charge in [-0.1, -0.05) is 49.4 Å². The van der Waals surface area contributed by atoms with Crippen molar-refractivity contribution in [3.8, 4) is 0 Å². The number of rotatable bonds is 8. The van der Waals surface area contributed by atoms with Crippen LogP contribution < -0.4 is 21.7 Å². The van der Waals surface area contributed by atoms with Gasteiger partial charge in [0.15, 0.2) is 5.69 Å². The van der Waals surface area contributed by atoms with Gasteiger partial charge in [0.1, 0.15) is 10.9 Å². The molecule has 1 aromatic heterocycles. The monoisotopic (exact) mass is 451 g/mol. The van der Waals surface area contributed by atoms with Crippen molar-refractivity contribution in [2.75, 3.05) is 10.6 Å². The second-order valence-electron chi connectivity index (χ2n) is 7.28. The van der Waals surface area contributed by atoms with Gasteiger partial charge >= 0.3 is 0 Å². The van der Waals surface area contributed by atoms with Crippen LogP contribution in [0.3, 0.4) is 0 Å². The van der Waals surface area contributed by atoms with E-state index >= 15 is 0 Å². The molecule has 0 aliphatic heterocycles. The van der Waals surface area contributed by atoms with Gasteiger partial charge in [0.05, 0.1) is 5.69 Å². The Labute approximate surface area is 190 Å². The molecule has 0 saturated carbocycles. The molecule has 3 rings (SSSR count). The summed E-state index contributed by atoms with van der Waals surface area (Å²) in [5, 5.41) is 2.91. The van der Waals surface area contributed by atoms with Gasteiger partial charge in [-0.2, -0.15) is 4.37 Å². The van der Waals surface area contributed by atoms with Gasteiger partial charge in [0.25, 0.3) is 11.8 Å². The number of aromatic nitrogens is 1. The fourth-order valence-corrected chi connectivity index (χ4v) is 4.09. The van der Waals surface area contributed by atoms with E-state index in [1.807, 2.05) is 62.4 Å². The maximum Gasteiger partial charge on any atom is 0.272 e. The predicted octanol–water partition coefficient (Wildman–Crippen LogP) is 2.87. The van der Waals surface area contributed by atoms with Crippen LogP contribution in [0.15, 0.2) is 54.6 Å². The first kappa shape index (κ1) is 23.0. The van der Waals surface area contributed by atoms with Crippen molar-refractivity contribution in [2.24, 2.45) is 5.73 Å². The minimum absolute atomic E-state index is 0.0645. The summed E-state index contributed by atoms with van der Waals surface area (Å²) in [7, 11) is 0. The van der Waals surface area contributed by atoms with Crippen molar-refractivity contribution < 1.29 is 14.4 Å².